The van der Waals surface area contributed by atoms with E-state index in [9.17, 15) is 34.5 Å². The first kappa shape index (κ1) is 73.9. The minimum Gasteiger partial charge on any atom is -0.479 e. The average Bonchev–Trinajstić information content (AvgIpc) is 3.46. The lowest BCUT2D eigenvalue weighted by molar-refractivity contribution is -0.301. The van der Waals surface area contributed by atoms with Crippen LogP contribution in [0.15, 0.2) is 134 Å². The molecule has 3 N–H and O–H groups in total. The Hall–Kier alpha value is -5.14. The smallest absolute Gasteiger partial charge is 0.335 e. The monoisotopic (exact) mass is 1130 g/mol. The summed E-state index contributed by atoms with van der Waals surface area (Å²) in [7, 11) is 0. The number of unbranched alkanes of at least 4 members (excludes halogenated alkanes) is 15. The third-order valence-electron chi connectivity index (χ3n) is 13.2. The molecule has 1 heterocycles. The lowest BCUT2D eigenvalue weighted by Gasteiger charge is -2.40. The molecule has 0 aliphatic carbocycles. The van der Waals surface area contributed by atoms with Gasteiger partial charge in [0.05, 0.1) is 6.61 Å². The minimum atomic E-state index is -1.92. The standard InChI is InChI=1S/C69H108O12/c1-4-7-10-13-16-19-22-25-27-29-31-33-35-38-40-43-46-49-52-55-61(70)77-58-60(79-62(71)56-53-50-47-44-42-39-36-34-32-30-28-26-23-20-17-14-11-8-5-2)59-78-69-67(65(74)64(73)66(81-69)68(75)76)80-63(72)57-54-51-48-45-41-37-24-21-18-15-12-9-6-3/h7-8,10-11,16-17,19-20,25-28,31-34,38-40,42,46,49,60,64-67,69,73-74H,4-6,9,12-15,18,21-24,29-30,35-37,41,43-45,47-48,50-59H2,1-3H3,(H,75,76)/b10-7-,11-8-,19-16-,20-17-,27-25-,28-26-,33-31-,34-32-,40-38-,42-39-,49-46-. The predicted molar refractivity (Wildman–Crippen MR) is 330 cm³/mol. The molecule has 81 heavy (non-hydrogen) atoms. The van der Waals surface area contributed by atoms with E-state index in [0.29, 0.717) is 19.3 Å². The van der Waals surface area contributed by atoms with Crippen LogP contribution in [-0.4, -0.2) is 89.2 Å². The fourth-order valence-electron chi connectivity index (χ4n) is 8.54. The van der Waals surface area contributed by atoms with E-state index in [1.165, 1.54) is 51.4 Å². The largest absolute Gasteiger partial charge is 0.479 e. The first-order valence-corrected chi connectivity index (χ1v) is 31.2. The molecule has 0 aromatic heterocycles. The van der Waals surface area contributed by atoms with Crippen LogP contribution < -0.4 is 0 Å². The molecule has 12 heteroatoms. The van der Waals surface area contributed by atoms with Gasteiger partial charge in [-0.3, -0.25) is 14.4 Å². The number of carboxylic acids is 1. The van der Waals surface area contributed by atoms with Crippen molar-refractivity contribution in [1.82, 2.24) is 0 Å². The van der Waals surface area contributed by atoms with E-state index in [-0.39, 0.29) is 25.9 Å². The summed E-state index contributed by atoms with van der Waals surface area (Å²) >= 11 is 0. The lowest BCUT2D eigenvalue weighted by Crippen LogP contribution is -2.61. The van der Waals surface area contributed by atoms with Gasteiger partial charge < -0.3 is 39.0 Å². The highest BCUT2D eigenvalue weighted by molar-refractivity contribution is 5.74. The summed E-state index contributed by atoms with van der Waals surface area (Å²) in [6, 6.07) is 0. The summed E-state index contributed by atoms with van der Waals surface area (Å²) in [6.07, 6.45) is 65.7. The van der Waals surface area contributed by atoms with Crippen LogP contribution >= 0.6 is 0 Å². The number of carbonyl (C=O) groups is 4. The molecule has 0 saturated carbocycles. The number of aliphatic hydroxyl groups is 2. The molecule has 0 amide bonds. The van der Waals surface area contributed by atoms with Crippen LogP contribution in [0.5, 0.6) is 0 Å². The van der Waals surface area contributed by atoms with Crippen LogP contribution in [0, 0.1) is 0 Å². The molecule has 1 saturated heterocycles. The van der Waals surface area contributed by atoms with Gasteiger partial charge in [0, 0.05) is 19.3 Å². The van der Waals surface area contributed by atoms with E-state index in [2.05, 4.69) is 142 Å². The number of hydrogen-bond acceptors (Lipinski definition) is 11. The van der Waals surface area contributed by atoms with Gasteiger partial charge in [-0.1, -0.05) is 238 Å². The molecule has 0 spiro atoms. The maximum atomic E-state index is 13.2. The van der Waals surface area contributed by atoms with Gasteiger partial charge in [-0.15, -0.1) is 0 Å². The number of aliphatic carboxylic acids is 1. The van der Waals surface area contributed by atoms with Gasteiger partial charge >= 0.3 is 23.9 Å². The molecule has 1 fully saturated rings. The Morgan fingerprint density at radius 3 is 1.23 bits per heavy atom. The number of rotatable bonds is 51. The zero-order valence-corrected chi connectivity index (χ0v) is 50.2. The number of carboxylic acid groups (broad SMARTS) is 1. The van der Waals surface area contributed by atoms with Gasteiger partial charge in [0.15, 0.2) is 24.6 Å². The van der Waals surface area contributed by atoms with Gasteiger partial charge in [-0.05, 0) is 103 Å². The van der Waals surface area contributed by atoms with Crippen LogP contribution in [0.2, 0.25) is 0 Å². The SMILES string of the molecule is CC/C=C\C/C=C\C/C=C\C/C=C\C/C=C\C/C=C\CCC(=O)OCC(COC1OC(C(=O)O)C(O)C(O)C1OC(=O)CCCCCCCCCCCCCCC)OC(=O)CCCCC/C=C\C/C=C\C/C=C\C/C=C\C/C=C\CC. The molecule has 0 aromatic rings. The highest BCUT2D eigenvalue weighted by Crippen LogP contribution is 2.26. The fraction of sp³-hybridized carbons (Fsp3) is 0.623. The van der Waals surface area contributed by atoms with E-state index in [1.807, 2.05) is 12.2 Å². The first-order valence-electron chi connectivity index (χ1n) is 31.2. The minimum absolute atomic E-state index is 0.0449. The van der Waals surface area contributed by atoms with Crippen LogP contribution in [0.25, 0.3) is 0 Å². The first-order chi connectivity index (χ1) is 39.6. The Morgan fingerprint density at radius 1 is 0.420 bits per heavy atom. The zero-order chi connectivity index (χ0) is 58.9. The number of aliphatic hydroxyl groups excluding tert-OH is 2. The molecule has 1 aliphatic heterocycles. The summed E-state index contributed by atoms with van der Waals surface area (Å²) in [5.41, 5.74) is 0. The molecule has 0 radical (unpaired) electrons. The van der Waals surface area contributed by atoms with Crippen molar-refractivity contribution in [3.8, 4) is 0 Å². The summed E-state index contributed by atoms with van der Waals surface area (Å²) < 4.78 is 28.4. The van der Waals surface area contributed by atoms with Crippen LogP contribution in [0.3, 0.4) is 0 Å². The Labute approximate surface area is 490 Å². The fourth-order valence-corrected chi connectivity index (χ4v) is 8.54. The molecular weight excluding hydrogens is 1020 g/mol. The van der Waals surface area contributed by atoms with Crippen LogP contribution in [0.4, 0.5) is 0 Å². The van der Waals surface area contributed by atoms with Gasteiger partial charge in [0.1, 0.15) is 18.8 Å². The zero-order valence-electron chi connectivity index (χ0n) is 50.2. The van der Waals surface area contributed by atoms with Crippen LogP contribution in [-0.2, 0) is 42.9 Å². The number of hydrogen-bond donors (Lipinski definition) is 3. The Bertz CT molecular complexity index is 1920. The van der Waals surface area contributed by atoms with Crippen molar-refractivity contribution in [2.24, 2.45) is 0 Å². The van der Waals surface area contributed by atoms with Crippen molar-refractivity contribution in [3.05, 3.63) is 134 Å². The van der Waals surface area contributed by atoms with Gasteiger partial charge in [-0.25, -0.2) is 4.79 Å². The third kappa shape index (κ3) is 45.1. The van der Waals surface area contributed by atoms with Gasteiger partial charge in [0.25, 0.3) is 0 Å². The molecule has 1 rings (SSSR count). The van der Waals surface area contributed by atoms with Crippen LogP contribution in [0.1, 0.15) is 226 Å². The van der Waals surface area contributed by atoms with E-state index < -0.39 is 67.3 Å². The molecule has 6 atom stereocenters. The second kappa shape index (κ2) is 55.4. The summed E-state index contributed by atoms with van der Waals surface area (Å²) in [4.78, 5) is 51.2. The number of allylic oxidation sites excluding steroid dienone is 22. The normalized spacial score (nSPS) is 18.7. The predicted octanol–water partition coefficient (Wildman–Crippen LogP) is 16.6. The Morgan fingerprint density at radius 2 is 0.802 bits per heavy atom. The van der Waals surface area contributed by atoms with Gasteiger partial charge in [-0.2, -0.15) is 0 Å². The highest BCUT2D eigenvalue weighted by atomic mass is 16.7. The van der Waals surface area contributed by atoms with Gasteiger partial charge in [0.2, 0.25) is 0 Å². The molecule has 1 aliphatic rings. The second-order valence-electron chi connectivity index (χ2n) is 20.6. The maximum absolute atomic E-state index is 13.2. The van der Waals surface area contributed by atoms with Crippen molar-refractivity contribution < 1.29 is 58.2 Å². The highest BCUT2D eigenvalue weighted by Gasteiger charge is 2.50. The van der Waals surface area contributed by atoms with E-state index in [0.717, 1.165) is 116 Å². The van der Waals surface area contributed by atoms with Crippen molar-refractivity contribution in [2.75, 3.05) is 13.2 Å². The Balaban J connectivity index is 2.76. The second-order valence-corrected chi connectivity index (χ2v) is 20.6. The molecular formula is C69H108O12. The average molecular weight is 1130 g/mol. The summed E-state index contributed by atoms with van der Waals surface area (Å²) in [6.45, 7) is 5.67. The third-order valence-corrected chi connectivity index (χ3v) is 13.2. The quantitative estimate of drug-likeness (QED) is 0.0228. The molecule has 0 bridgehead atoms. The van der Waals surface area contributed by atoms with Crippen molar-refractivity contribution >= 4 is 23.9 Å². The lowest BCUT2D eigenvalue weighted by atomic mass is 9.98. The molecule has 456 valence electrons. The molecule has 0 aromatic carbocycles. The summed E-state index contributed by atoms with van der Waals surface area (Å²) in [5.74, 6) is -3.29. The topological polar surface area (TPSA) is 175 Å². The molecule has 12 nitrogen and oxygen atoms in total. The number of carbonyl (C=O) groups excluding carboxylic acids is 3. The van der Waals surface area contributed by atoms with Crippen molar-refractivity contribution in [3.63, 3.8) is 0 Å². The number of ether oxygens (including phenoxy) is 5. The maximum Gasteiger partial charge on any atom is 0.335 e. The van der Waals surface area contributed by atoms with E-state index in [1.54, 1.807) is 0 Å². The Kier molecular flexibility index (Phi) is 50.5. The molecule has 6 unspecified atom stereocenters. The number of esters is 3. The van der Waals surface area contributed by atoms with E-state index >= 15 is 0 Å². The van der Waals surface area contributed by atoms with E-state index in [4.69, 9.17) is 23.7 Å². The van der Waals surface area contributed by atoms with Crippen molar-refractivity contribution in [2.45, 2.75) is 263 Å². The summed E-state index contributed by atoms with van der Waals surface area (Å²) in [5, 5.41) is 31.5. The van der Waals surface area contributed by atoms with Crippen molar-refractivity contribution in [1.29, 1.82) is 0 Å².